The van der Waals surface area contributed by atoms with E-state index in [1.807, 2.05) is 11.9 Å². The van der Waals surface area contributed by atoms with Gasteiger partial charge in [0, 0.05) is 37.9 Å². The van der Waals surface area contributed by atoms with E-state index in [9.17, 15) is 27.6 Å². The summed E-state index contributed by atoms with van der Waals surface area (Å²) in [5, 5.41) is 0. The first-order valence-electron chi connectivity index (χ1n) is 14.2. The topological polar surface area (TPSA) is 79.4 Å². The Morgan fingerprint density at radius 2 is 1.48 bits per heavy atom. The predicted octanol–water partition coefficient (Wildman–Crippen LogP) is 5.46. The fourth-order valence-electron chi connectivity index (χ4n) is 5.31. The quantitative estimate of drug-likeness (QED) is 0.414. The van der Waals surface area contributed by atoms with Crippen molar-refractivity contribution in [1.82, 2.24) is 4.90 Å². The number of alkyl halides is 3. The Hall–Kier alpha value is -3.60. The van der Waals surface area contributed by atoms with Gasteiger partial charge in [-0.25, -0.2) is 9.59 Å². The Balaban J connectivity index is 1.65. The number of nitrogens with zero attached hydrogens (tertiary/aromatic N) is 3. The van der Waals surface area contributed by atoms with Gasteiger partial charge in [0.1, 0.15) is 11.7 Å². The first kappa shape index (κ1) is 31.3. The summed E-state index contributed by atoms with van der Waals surface area (Å²) >= 11 is 0. The zero-order valence-corrected chi connectivity index (χ0v) is 24.4. The summed E-state index contributed by atoms with van der Waals surface area (Å²) in [5.74, 6) is -3.37. The van der Waals surface area contributed by atoms with E-state index >= 15 is 0 Å². The number of likely N-dealkylation sites (N-methyl/N-ethyl adjacent to an activating group) is 1. The van der Waals surface area contributed by atoms with E-state index in [0.717, 1.165) is 13.1 Å². The number of anilines is 2. The van der Waals surface area contributed by atoms with E-state index < -0.39 is 41.8 Å². The van der Waals surface area contributed by atoms with Gasteiger partial charge in [-0.1, -0.05) is 18.2 Å². The number of esters is 2. The molecule has 0 unspecified atom stereocenters. The Labute approximate surface area is 244 Å². The highest BCUT2D eigenvalue weighted by Crippen LogP contribution is 2.37. The smallest absolute Gasteiger partial charge is 0.459 e. The summed E-state index contributed by atoms with van der Waals surface area (Å²) < 4.78 is 53.4. The molecule has 228 valence electrons. The minimum absolute atomic E-state index is 0.113. The van der Waals surface area contributed by atoms with Gasteiger partial charge in [0.2, 0.25) is 0 Å². The zero-order valence-electron chi connectivity index (χ0n) is 24.4. The second kappa shape index (κ2) is 12.7. The molecule has 2 aliphatic rings. The fraction of sp³-hybridized carbons (Fsp3) is 0.516. The lowest BCUT2D eigenvalue weighted by molar-refractivity contribution is -0.171. The largest absolute Gasteiger partial charge is 0.471 e. The molecule has 1 aliphatic heterocycles. The van der Waals surface area contributed by atoms with E-state index in [4.69, 9.17) is 9.47 Å². The monoisotopic (exact) mass is 589 g/mol. The molecule has 1 saturated carbocycles. The SMILES string of the molecule is CN1CCN(c2ccc(C(=O)OC(C)(C)C)c(N(C(=O)C(F)(F)F)[C@H]3CC[C@H](OC(=O)c4ccccc4)CC3)c2)CC1. The molecular weight excluding hydrogens is 551 g/mol. The molecule has 2 fully saturated rings. The van der Waals surface area contributed by atoms with Crippen LogP contribution in [0.5, 0.6) is 0 Å². The number of amides is 1. The molecule has 8 nitrogen and oxygen atoms in total. The van der Waals surface area contributed by atoms with Crippen LogP contribution in [0, 0.1) is 0 Å². The molecule has 42 heavy (non-hydrogen) atoms. The maximum Gasteiger partial charge on any atom is 0.471 e. The maximum absolute atomic E-state index is 14.1. The molecule has 0 atom stereocenters. The molecule has 0 aromatic heterocycles. The molecule has 0 bridgehead atoms. The number of benzene rings is 2. The number of ether oxygens (including phenoxy) is 2. The number of hydrogen-bond acceptors (Lipinski definition) is 7. The molecule has 1 amide bonds. The standard InChI is InChI=1S/C31H38F3N3O5/c1-30(2,3)42-28(39)25-15-12-23(36-18-16-35(4)17-19-36)20-26(25)37(29(40)31(32,33)34)22-10-13-24(14-11-22)41-27(38)21-8-6-5-7-9-21/h5-9,12,15,20,22,24H,10-11,13-14,16-19H2,1-4H3/t22-,24-. The van der Waals surface area contributed by atoms with Crippen LogP contribution in [0.15, 0.2) is 48.5 Å². The summed E-state index contributed by atoms with van der Waals surface area (Å²) in [6.45, 7) is 7.82. The minimum Gasteiger partial charge on any atom is -0.459 e. The molecule has 1 saturated heterocycles. The van der Waals surface area contributed by atoms with Crippen LogP contribution < -0.4 is 9.80 Å². The highest BCUT2D eigenvalue weighted by molar-refractivity contribution is 6.05. The second-order valence-corrected chi connectivity index (χ2v) is 11.9. The molecule has 0 spiro atoms. The molecule has 0 radical (unpaired) electrons. The van der Waals surface area contributed by atoms with Crippen LogP contribution in [0.1, 0.15) is 67.2 Å². The van der Waals surface area contributed by atoms with Crippen molar-refractivity contribution in [3.63, 3.8) is 0 Å². The van der Waals surface area contributed by atoms with Crippen molar-refractivity contribution in [2.45, 2.75) is 70.4 Å². The van der Waals surface area contributed by atoms with Gasteiger partial charge in [0.25, 0.3) is 0 Å². The lowest BCUT2D eigenvalue weighted by Gasteiger charge is -2.39. The average molecular weight is 590 g/mol. The van der Waals surface area contributed by atoms with Crippen LogP contribution in [-0.4, -0.2) is 79.9 Å². The molecule has 1 aliphatic carbocycles. The third-order valence-corrected chi connectivity index (χ3v) is 7.48. The van der Waals surface area contributed by atoms with E-state index in [0.29, 0.717) is 29.2 Å². The van der Waals surface area contributed by atoms with Gasteiger partial charge in [-0.3, -0.25) is 4.79 Å². The van der Waals surface area contributed by atoms with Crippen molar-refractivity contribution >= 4 is 29.2 Å². The summed E-state index contributed by atoms with van der Waals surface area (Å²) in [7, 11) is 1.99. The summed E-state index contributed by atoms with van der Waals surface area (Å²) in [6.07, 6.45) is -4.83. The van der Waals surface area contributed by atoms with Gasteiger partial charge in [-0.15, -0.1) is 0 Å². The van der Waals surface area contributed by atoms with Crippen LogP contribution in [-0.2, 0) is 14.3 Å². The summed E-state index contributed by atoms with van der Waals surface area (Å²) in [5.41, 5.74) is -0.137. The fourth-order valence-corrected chi connectivity index (χ4v) is 5.31. The number of rotatable bonds is 6. The van der Waals surface area contributed by atoms with Crippen molar-refractivity contribution in [3.8, 4) is 0 Å². The van der Waals surface area contributed by atoms with E-state index in [1.54, 1.807) is 57.2 Å². The highest BCUT2D eigenvalue weighted by atomic mass is 19.4. The molecule has 0 N–H and O–H groups in total. The van der Waals surface area contributed by atoms with E-state index in [1.165, 1.54) is 12.1 Å². The predicted molar refractivity (Wildman–Crippen MR) is 153 cm³/mol. The Kier molecular flexibility index (Phi) is 9.50. The van der Waals surface area contributed by atoms with Crippen molar-refractivity contribution in [3.05, 3.63) is 59.7 Å². The van der Waals surface area contributed by atoms with Gasteiger partial charge >= 0.3 is 24.0 Å². The number of carbonyl (C=O) groups excluding carboxylic acids is 3. The number of piperazine rings is 1. The Bertz CT molecular complexity index is 1260. The lowest BCUT2D eigenvalue weighted by atomic mass is 9.90. The van der Waals surface area contributed by atoms with Crippen molar-refractivity contribution < 1.29 is 37.0 Å². The normalized spacial score (nSPS) is 20.1. The van der Waals surface area contributed by atoms with Crippen LogP contribution in [0.4, 0.5) is 24.5 Å². The van der Waals surface area contributed by atoms with Gasteiger partial charge in [0.05, 0.1) is 16.8 Å². The third kappa shape index (κ3) is 7.81. The highest BCUT2D eigenvalue weighted by Gasteiger charge is 2.47. The number of carbonyl (C=O) groups is 3. The Morgan fingerprint density at radius 1 is 0.857 bits per heavy atom. The average Bonchev–Trinajstić information content (AvgIpc) is 2.93. The van der Waals surface area contributed by atoms with Gasteiger partial charge < -0.3 is 24.2 Å². The van der Waals surface area contributed by atoms with Crippen LogP contribution in [0.25, 0.3) is 0 Å². The number of hydrogen-bond donors (Lipinski definition) is 0. The lowest BCUT2D eigenvalue weighted by Crippen LogP contribution is -2.50. The first-order valence-corrected chi connectivity index (χ1v) is 14.2. The van der Waals surface area contributed by atoms with Gasteiger partial charge in [-0.2, -0.15) is 13.2 Å². The van der Waals surface area contributed by atoms with Crippen molar-refractivity contribution in [1.29, 1.82) is 0 Å². The summed E-state index contributed by atoms with van der Waals surface area (Å²) in [4.78, 5) is 43.7. The van der Waals surface area contributed by atoms with Gasteiger partial charge in [-0.05, 0) is 83.8 Å². The van der Waals surface area contributed by atoms with Crippen LogP contribution in [0.2, 0.25) is 0 Å². The molecule has 1 heterocycles. The molecule has 11 heteroatoms. The molecular formula is C31H38F3N3O5. The second-order valence-electron chi connectivity index (χ2n) is 11.9. The molecule has 2 aromatic carbocycles. The maximum atomic E-state index is 14.1. The Morgan fingerprint density at radius 3 is 2.05 bits per heavy atom. The zero-order chi connectivity index (χ0) is 30.7. The first-order chi connectivity index (χ1) is 19.7. The summed E-state index contributed by atoms with van der Waals surface area (Å²) in [6, 6.07) is 12.2. The van der Waals surface area contributed by atoms with E-state index in [2.05, 4.69) is 4.90 Å². The molecule has 4 rings (SSSR count). The van der Waals surface area contributed by atoms with Crippen LogP contribution >= 0.6 is 0 Å². The van der Waals surface area contributed by atoms with Crippen molar-refractivity contribution in [2.75, 3.05) is 43.0 Å². The number of halogens is 3. The van der Waals surface area contributed by atoms with E-state index in [-0.39, 0.29) is 36.9 Å². The minimum atomic E-state index is -5.17. The van der Waals surface area contributed by atoms with Crippen LogP contribution in [0.3, 0.4) is 0 Å². The third-order valence-electron chi connectivity index (χ3n) is 7.48. The molecule has 2 aromatic rings. The van der Waals surface area contributed by atoms with Gasteiger partial charge in [0.15, 0.2) is 0 Å². The van der Waals surface area contributed by atoms with Crippen molar-refractivity contribution in [2.24, 2.45) is 0 Å².